The summed E-state index contributed by atoms with van der Waals surface area (Å²) < 4.78 is 15.2. The highest BCUT2D eigenvalue weighted by molar-refractivity contribution is 6.19. The number of carbonyl (C=O) groups excluding carboxylic acids is 1. The maximum absolute atomic E-state index is 11.5. The SMILES string of the molecule is CCCCCCCCCNCc1ccc(OC(=O)OC(C)Cl)c(OC)c1. The van der Waals surface area contributed by atoms with Gasteiger partial charge in [-0.3, -0.25) is 0 Å². The van der Waals surface area contributed by atoms with Gasteiger partial charge in [-0.2, -0.15) is 0 Å². The number of halogens is 1. The molecule has 1 aromatic carbocycles. The molecule has 0 heterocycles. The minimum Gasteiger partial charge on any atom is -0.493 e. The summed E-state index contributed by atoms with van der Waals surface area (Å²) in [5, 5.41) is 3.44. The smallest absolute Gasteiger partial charge is 0.493 e. The Morgan fingerprint density at radius 1 is 1.12 bits per heavy atom. The Labute approximate surface area is 162 Å². The molecule has 0 aliphatic carbocycles. The Balaban J connectivity index is 2.32. The molecule has 1 unspecified atom stereocenters. The van der Waals surface area contributed by atoms with Gasteiger partial charge in [-0.1, -0.05) is 63.1 Å². The lowest BCUT2D eigenvalue weighted by Gasteiger charge is -2.12. The molecule has 0 fully saturated rings. The van der Waals surface area contributed by atoms with Crippen LogP contribution in [0.25, 0.3) is 0 Å². The number of methoxy groups -OCH3 is 1. The lowest BCUT2D eigenvalue weighted by molar-refractivity contribution is 0.0912. The summed E-state index contributed by atoms with van der Waals surface area (Å²) in [7, 11) is 1.54. The zero-order valence-electron chi connectivity index (χ0n) is 16.2. The summed E-state index contributed by atoms with van der Waals surface area (Å²) in [5.41, 5.74) is 0.319. The van der Waals surface area contributed by atoms with E-state index in [1.807, 2.05) is 12.1 Å². The minimum absolute atomic E-state index is 0.311. The Hall–Kier alpha value is -1.46. The van der Waals surface area contributed by atoms with Gasteiger partial charge in [0.1, 0.15) is 0 Å². The predicted molar refractivity (Wildman–Crippen MR) is 105 cm³/mol. The third-order valence-electron chi connectivity index (χ3n) is 3.97. The molecule has 0 radical (unpaired) electrons. The molecular formula is C20H32ClNO4. The standard InChI is InChI=1S/C20H32ClNO4/c1-4-5-6-7-8-9-10-13-22-15-17-11-12-18(19(14-17)24-3)26-20(23)25-16(2)21/h11-12,14,16,22H,4-10,13,15H2,1-3H3. The molecule has 0 aromatic heterocycles. The fourth-order valence-electron chi connectivity index (χ4n) is 2.59. The van der Waals surface area contributed by atoms with Crippen LogP contribution in [0.1, 0.15) is 64.4 Å². The first kappa shape index (κ1) is 22.6. The first-order chi connectivity index (χ1) is 12.6. The monoisotopic (exact) mass is 385 g/mol. The van der Waals surface area contributed by atoms with Gasteiger partial charge in [-0.05, 0) is 37.6 Å². The lowest BCUT2D eigenvalue weighted by Crippen LogP contribution is -2.16. The number of unbranched alkanes of at least 4 members (excludes halogenated alkanes) is 6. The third-order valence-corrected chi connectivity index (χ3v) is 4.06. The van der Waals surface area contributed by atoms with E-state index in [1.54, 1.807) is 13.0 Å². The number of ether oxygens (including phenoxy) is 3. The van der Waals surface area contributed by atoms with Crippen LogP contribution < -0.4 is 14.8 Å². The van der Waals surface area contributed by atoms with Gasteiger partial charge in [-0.15, -0.1) is 0 Å². The van der Waals surface area contributed by atoms with E-state index < -0.39 is 11.7 Å². The van der Waals surface area contributed by atoms with Gasteiger partial charge >= 0.3 is 6.16 Å². The second-order valence-corrected chi connectivity index (χ2v) is 6.91. The average molecular weight is 386 g/mol. The maximum atomic E-state index is 11.5. The van der Waals surface area contributed by atoms with E-state index in [2.05, 4.69) is 12.2 Å². The quantitative estimate of drug-likeness (QED) is 0.206. The Bertz CT molecular complexity index is 523. The molecule has 0 bridgehead atoms. The van der Waals surface area contributed by atoms with Crippen LogP contribution in [0.2, 0.25) is 0 Å². The van der Waals surface area contributed by atoms with Crippen molar-refractivity contribution in [2.45, 2.75) is 70.9 Å². The van der Waals surface area contributed by atoms with Gasteiger partial charge in [0.2, 0.25) is 0 Å². The second kappa shape index (κ2) is 13.7. The topological polar surface area (TPSA) is 56.8 Å². The van der Waals surface area contributed by atoms with Gasteiger partial charge in [-0.25, -0.2) is 4.79 Å². The Morgan fingerprint density at radius 3 is 2.46 bits per heavy atom. The molecule has 0 spiro atoms. The number of rotatable bonds is 13. The largest absolute Gasteiger partial charge is 0.515 e. The van der Waals surface area contributed by atoms with Crippen molar-refractivity contribution in [1.29, 1.82) is 0 Å². The van der Waals surface area contributed by atoms with Crippen LogP contribution in [0, 0.1) is 0 Å². The van der Waals surface area contributed by atoms with E-state index in [1.165, 1.54) is 52.1 Å². The van der Waals surface area contributed by atoms with Gasteiger partial charge in [0.25, 0.3) is 0 Å². The molecule has 1 N–H and O–H groups in total. The summed E-state index contributed by atoms with van der Waals surface area (Å²) in [5.74, 6) is 0.796. The third kappa shape index (κ3) is 9.88. The van der Waals surface area contributed by atoms with E-state index in [9.17, 15) is 4.79 Å². The second-order valence-electron chi connectivity index (χ2n) is 6.30. The first-order valence-corrected chi connectivity index (χ1v) is 9.90. The van der Waals surface area contributed by atoms with Gasteiger partial charge < -0.3 is 19.5 Å². The molecule has 1 aromatic rings. The molecule has 148 valence electrons. The predicted octanol–water partition coefficient (Wildman–Crippen LogP) is 5.64. The number of benzene rings is 1. The summed E-state index contributed by atoms with van der Waals surface area (Å²) in [6.07, 6.45) is 8.27. The van der Waals surface area contributed by atoms with Crippen LogP contribution in [0.5, 0.6) is 11.5 Å². The minimum atomic E-state index is -0.851. The van der Waals surface area contributed by atoms with Crippen molar-refractivity contribution in [3.63, 3.8) is 0 Å². The fourth-order valence-corrected chi connectivity index (χ4v) is 2.67. The van der Waals surface area contributed by atoms with Crippen molar-refractivity contribution in [3.05, 3.63) is 23.8 Å². The van der Waals surface area contributed by atoms with E-state index in [4.69, 9.17) is 25.8 Å². The van der Waals surface area contributed by atoms with Crippen molar-refractivity contribution in [2.75, 3.05) is 13.7 Å². The molecule has 0 aliphatic heterocycles. The Morgan fingerprint density at radius 2 is 1.81 bits per heavy atom. The van der Waals surface area contributed by atoms with Crippen LogP contribution in [-0.4, -0.2) is 25.4 Å². The molecular weight excluding hydrogens is 354 g/mol. The molecule has 1 rings (SSSR count). The zero-order valence-corrected chi connectivity index (χ0v) is 16.9. The average Bonchev–Trinajstić information content (AvgIpc) is 2.60. The first-order valence-electron chi connectivity index (χ1n) is 9.47. The number of hydrogen-bond acceptors (Lipinski definition) is 5. The van der Waals surface area contributed by atoms with E-state index in [-0.39, 0.29) is 0 Å². The van der Waals surface area contributed by atoms with Crippen LogP contribution >= 0.6 is 11.6 Å². The zero-order chi connectivity index (χ0) is 19.2. The van der Waals surface area contributed by atoms with E-state index in [0.717, 1.165) is 18.7 Å². The van der Waals surface area contributed by atoms with Crippen molar-refractivity contribution < 1.29 is 19.0 Å². The highest BCUT2D eigenvalue weighted by Gasteiger charge is 2.13. The van der Waals surface area contributed by atoms with Crippen molar-refractivity contribution in [1.82, 2.24) is 5.32 Å². The summed E-state index contributed by atoms with van der Waals surface area (Å²) >= 11 is 5.60. The molecule has 0 saturated heterocycles. The molecule has 1 atom stereocenters. The Kier molecular flexibility index (Phi) is 11.9. The molecule has 5 nitrogen and oxygen atoms in total. The van der Waals surface area contributed by atoms with E-state index >= 15 is 0 Å². The fraction of sp³-hybridized carbons (Fsp3) is 0.650. The number of carbonyl (C=O) groups is 1. The summed E-state index contributed by atoms with van der Waals surface area (Å²) in [6.45, 7) is 5.52. The van der Waals surface area contributed by atoms with E-state index in [0.29, 0.717) is 11.5 Å². The van der Waals surface area contributed by atoms with Crippen LogP contribution in [-0.2, 0) is 11.3 Å². The maximum Gasteiger partial charge on any atom is 0.515 e. The van der Waals surface area contributed by atoms with Crippen molar-refractivity contribution in [3.8, 4) is 11.5 Å². The van der Waals surface area contributed by atoms with Crippen LogP contribution in [0.3, 0.4) is 0 Å². The molecule has 6 heteroatoms. The van der Waals surface area contributed by atoms with Crippen LogP contribution in [0.15, 0.2) is 18.2 Å². The molecule has 26 heavy (non-hydrogen) atoms. The lowest BCUT2D eigenvalue weighted by atomic mass is 10.1. The summed E-state index contributed by atoms with van der Waals surface area (Å²) in [4.78, 5) is 11.5. The molecule has 0 aliphatic rings. The van der Waals surface area contributed by atoms with Crippen molar-refractivity contribution >= 4 is 17.8 Å². The summed E-state index contributed by atoms with van der Waals surface area (Å²) in [6, 6.07) is 5.45. The highest BCUT2D eigenvalue weighted by Crippen LogP contribution is 2.28. The van der Waals surface area contributed by atoms with Crippen LogP contribution in [0.4, 0.5) is 4.79 Å². The molecule has 0 saturated carbocycles. The van der Waals surface area contributed by atoms with Crippen molar-refractivity contribution in [2.24, 2.45) is 0 Å². The van der Waals surface area contributed by atoms with Gasteiger partial charge in [0.15, 0.2) is 17.1 Å². The van der Waals surface area contributed by atoms with Gasteiger partial charge in [0, 0.05) is 6.54 Å². The number of alkyl halides is 1. The normalized spacial score (nSPS) is 11.8. The number of hydrogen-bond donors (Lipinski definition) is 1. The van der Waals surface area contributed by atoms with Gasteiger partial charge in [0.05, 0.1) is 7.11 Å². The highest BCUT2D eigenvalue weighted by atomic mass is 35.5. The molecule has 0 amide bonds. The number of nitrogens with one attached hydrogen (secondary N) is 1.